The first-order chi connectivity index (χ1) is 45.4. The number of phosphoric ester groups is 2. The molecule has 0 spiro atoms. The van der Waals surface area contributed by atoms with Crippen LogP contribution in [0.4, 0.5) is 0 Å². The number of carbonyl (C=O) groups is 4. The van der Waals surface area contributed by atoms with Crippen LogP contribution in [0.1, 0.15) is 363 Å². The summed E-state index contributed by atoms with van der Waals surface area (Å²) >= 11 is 0. The van der Waals surface area contributed by atoms with E-state index >= 15 is 0 Å². The first-order valence-electron chi connectivity index (χ1n) is 38.3. The average molecular weight is 1380 g/mol. The summed E-state index contributed by atoms with van der Waals surface area (Å²) in [6.07, 6.45) is 56.2. The van der Waals surface area contributed by atoms with Gasteiger partial charge in [-0.1, -0.05) is 310 Å². The van der Waals surface area contributed by atoms with Gasteiger partial charge in [0.05, 0.1) is 26.4 Å². The van der Waals surface area contributed by atoms with Gasteiger partial charge in [-0.2, -0.15) is 0 Å². The van der Waals surface area contributed by atoms with Crippen molar-refractivity contribution < 1.29 is 80.2 Å². The molecule has 0 heterocycles. The lowest BCUT2D eigenvalue weighted by atomic mass is 10.0. The summed E-state index contributed by atoms with van der Waals surface area (Å²) in [5.41, 5.74) is 0. The summed E-state index contributed by atoms with van der Waals surface area (Å²) in [5.74, 6) is -0.654. The third-order valence-corrected chi connectivity index (χ3v) is 18.7. The number of aliphatic hydroxyl groups is 1. The molecule has 0 aliphatic carbocycles. The van der Waals surface area contributed by atoms with E-state index in [-0.39, 0.29) is 25.7 Å². The molecule has 3 N–H and O–H groups in total. The van der Waals surface area contributed by atoms with Gasteiger partial charge < -0.3 is 33.8 Å². The highest BCUT2D eigenvalue weighted by Gasteiger charge is 2.30. The van der Waals surface area contributed by atoms with E-state index < -0.39 is 97.5 Å². The number of hydrogen-bond donors (Lipinski definition) is 3. The maximum Gasteiger partial charge on any atom is 0.472 e. The Bertz CT molecular complexity index is 1910. The summed E-state index contributed by atoms with van der Waals surface area (Å²) in [6.45, 7) is 9.49. The molecule has 0 rings (SSSR count). The SMILES string of the molecule is CCCCCC/C=C\C=C/CCCCCCCC(=O)O[C@H](COC(=O)CCCCCCCCCCCCCCCC)COP(=O)(O)OC[C@@H](O)COP(=O)(O)OC[C@@H](COC(=O)CCCCCCCCCCCC(C)C)OC(=O)CCCCCCCCCCCCC(C)C. The van der Waals surface area contributed by atoms with Gasteiger partial charge >= 0.3 is 39.5 Å². The van der Waals surface area contributed by atoms with Gasteiger partial charge in [-0.05, 0) is 63.2 Å². The maximum atomic E-state index is 13.1. The molecule has 0 aliphatic heterocycles. The first kappa shape index (κ1) is 91.5. The number of phosphoric acid groups is 2. The van der Waals surface area contributed by atoms with Crippen molar-refractivity contribution in [3.8, 4) is 0 Å². The third kappa shape index (κ3) is 68.1. The maximum absolute atomic E-state index is 13.1. The van der Waals surface area contributed by atoms with Crippen molar-refractivity contribution in [1.29, 1.82) is 0 Å². The molecule has 0 aromatic heterocycles. The highest BCUT2D eigenvalue weighted by Crippen LogP contribution is 2.45. The Morgan fingerprint density at radius 1 is 0.330 bits per heavy atom. The van der Waals surface area contributed by atoms with Crippen molar-refractivity contribution in [2.45, 2.75) is 381 Å². The Labute approximate surface area is 573 Å². The van der Waals surface area contributed by atoms with Gasteiger partial charge in [0, 0.05) is 25.7 Å². The number of hydrogen-bond acceptors (Lipinski definition) is 15. The van der Waals surface area contributed by atoms with Crippen molar-refractivity contribution in [3.63, 3.8) is 0 Å². The van der Waals surface area contributed by atoms with Crippen molar-refractivity contribution >= 4 is 39.5 Å². The Kier molecular flexibility index (Phi) is 64.7. The van der Waals surface area contributed by atoms with Crippen LogP contribution in [0.25, 0.3) is 0 Å². The van der Waals surface area contributed by atoms with Crippen molar-refractivity contribution in [2.75, 3.05) is 39.6 Å². The number of carbonyl (C=O) groups excluding carboxylic acids is 4. The monoisotopic (exact) mass is 1380 g/mol. The summed E-state index contributed by atoms with van der Waals surface area (Å²) in [6, 6.07) is 0. The van der Waals surface area contributed by atoms with Gasteiger partial charge in [0.1, 0.15) is 19.3 Å². The molecule has 0 amide bonds. The van der Waals surface area contributed by atoms with Gasteiger partial charge in [0.25, 0.3) is 0 Å². The molecule has 0 fully saturated rings. The molecule has 17 nitrogen and oxygen atoms in total. The van der Waals surface area contributed by atoms with Crippen molar-refractivity contribution in [2.24, 2.45) is 11.8 Å². The van der Waals surface area contributed by atoms with Crippen LogP contribution >= 0.6 is 15.6 Å². The molecule has 0 aromatic carbocycles. The Morgan fingerprint density at radius 2 is 0.574 bits per heavy atom. The molecule has 2 unspecified atom stereocenters. The van der Waals surface area contributed by atoms with Gasteiger partial charge in [0.2, 0.25) is 0 Å². The van der Waals surface area contributed by atoms with Crippen molar-refractivity contribution in [3.05, 3.63) is 24.3 Å². The van der Waals surface area contributed by atoms with E-state index in [4.69, 9.17) is 37.0 Å². The predicted octanol–water partition coefficient (Wildman–Crippen LogP) is 21.5. The average Bonchev–Trinajstić information content (AvgIpc) is 1.79. The largest absolute Gasteiger partial charge is 0.472 e. The standard InChI is InChI=1S/C75H142O17P2/c1-7-9-11-13-15-17-19-21-23-25-27-34-41-47-53-59-74(79)91-70(63-85-72(77)57-51-45-39-33-26-24-22-20-18-16-14-12-10-8-2)65-89-93(81,82)87-61-69(76)62-88-94(83,84)90-66-71(64-86-73(78)58-52-46-40-36-30-32-38-44-50-56-68(5)6)92-75(80)60-54-48-42-35-29-28-31-37-43-49-55-67(3)4/h17,19,21,23,67-71,76H,7-16,18,20,22,24-66H2,1-6H3,(H,81,82)(H,83,84)/b19-17-,23-21-/t69-,70-,71-/m1/s1. The fourth-order valence-corrected chi connectivity index (χ4v) is 12.5. The molecule has 5 atom stereocenters. The number of aliphatic hydroxyl groups excluding tert-OH is 1. The van der Waals surface area contributed by atoms with E-state index in [1.165, 1.54) is 167 Å². The molecule has 94 heavy (non-hydrogen) atoms. The lowest BCUT2D eigenvalue weighted by molar-refractivity contribution is -0.161. The lowest BCUT2D eigenvalue weighted by Gasteiger charge is -2.21. The zero-order valence-electron chi connectivity index (χ0n) is 60.7. The van der Waals surface area contributed by atoms with Crippen LogP contribution in [0.2, 0.25) is 0 Å². The summed E-state index contributed by atoms with van der Waals surface area (Å²) in [5, 5.41) is 10.6. The summed E-state index contributed by atoms with van der Waals surface area (Å²) < 4.78 is 68.5. The van der Waals surface area contributed by atoms with Crippen LogP contribution in [0.15, 0.2) is 24.3 Å². The van der Waals surface area contributed by atoms with E-state index in [9.17, 15) is 43.2 Å². The lowest BCUT2D eigenvalue weighted by Crippen LogP contribution is -2.30. The fraction of sp³-hybridized carbons (Fsp3) is 0.893. The minimum absolute atomic E-state index is 0.0853. The van der Waals surface area contributed by atoms with Crippen LogP contribution < -0.4 is 0 Å². The molecule has 0 saturated heterocycles. The topological polar surface area (TPSA) is 237 Å². The molecular formula is C75H142O17P2. The third-order valence-electron chi connectivity index (χ3n) is 16.8. The molecule has 0 bridgehead atoms. The highest BCUT2D eigenvalue weighted by molar-refractivity contribution is 7.47. The number of rotatable bonds is 72. The molecule has 0 aliphatic rings. The van der Waals surface area contributed by atoms with E-state index in [0.29, 0.717) is 25.7 Å². The molecule has 0 aromatic rings. The molecule has 0 radical (unpaired) electrons. The summed E-state index contributed by atoms with van der Waals surface area (Å²) in [4.78, 5) is 72.8. The van der Waals surface area contributed by atoms with E-state index in [1.54, 1.807) is 0 Å². The highest BCUT2D eigenvalue weighted by atomic mass is 31.2. The molecular weight excluding hydrogens is 1230 g/mol. The Hall–Kier alpha value is -2.46. The second kappa shape index (κ2) is 66.4. The van der Waals surface area contributed by atoms with Gasteiger partial charge in [-0.3, -0.25) is 37.3 Å². The van der Waals surface area contributed by atoms with Gasteiger partial charge in [-0.25, -0.2) is 9.13 Å². The number of unbranched alkanes of at least 4 members (excludes halogenated alkanes) is 39. The Balaban J connectivity index is 5.30. The zero-order chi connectivity index (χ0) is 69.3. The second-order valence-electron chi connectivity index (χ2n) is 27.3. The smallest absolute Gasteiger partial charge is 0.462 e. The van der Waals surface area contributed by atoms with Gasteiger partial charge in [0.15, 0.2) is 12.2 Å². The first-order valence-corrected chi connectivity index (χ1v) is 41.3. The number of esters is 4. The number of ether oxygens (including phenoxy) is 4. The quantitative estimate of drug-likeness (QED) is 0.0169. The normalized spacial score (nSPS) is 14.2. The fourth-order valence-electron chi connectivity index (χ4n) is 10.9. The Morgan fingerprint density at radius 3 is 0.872 bits per heavy atom. The van der Waals surface area contributed by atoms with Crippen LogP contribution in [-0.4, -0.2) is 96.7 Å². The molecule has 554 valence electrons. The van der Waals surface area contributed by atoms with Crippen LogP contribution in [0.3, 0.4) is 0 Å². The molecule has 19 heteroatoms. The molecule has 0 saturated carbocycles. The predicted molar refractivity (Wildman–Crippen MR) is 381 cm³/mol. The van der Waals surface area contributed by atoms with Crippen LogP contribution in [0.5, 0.6) is 0 Å². The van der Waals surface area contributed by atoms with Crippen LogP contribution in [0, 0.1) is 11.8 Å². The minimum atomic E-state index is -4.96. The number of allylic oxidation sites excluding steroid dienone is 4. The van der Waals surface area contributed by atoms with E-state index in [0.717, 1.165) is 115 Å². The van der Waals surface area contributed by atoms with E-state index in [2.05, 4.69) is 65.8 Å². The van der Waals surface area contributed by atoms with E-state index in [1.807, 2.05) is 0 Å². The second-order valence-corrected chi connectivity index (χ2v) is 30.2. The van der Waals surface area contributed by atoms with Gasteiger partial charge in [-0.15, -0.1) is 0 Å². The van der Waals surface area contributed by atoms with Crippen molar-refractivity contribution in [1.82, 2.24) is 0 Å². The summed E-state index contributed by atoms with van der Waals surface area (Å²) in [7, 11) is -9.92. The van der Waals surface area contributed by atoms with Crippen LogP contribution in [-0.2, 0) is 65.4 Å². The zero-order valence-corrected chi connectivity index (χ0v) is 62.5. The minimum Gasteiger partial charge on any atom is -0.462 e.